The molecule has 1 aliphatic rings. The highest BCUT2D eigenvalue weighted by atomic mass is 35.5. The van der Waals surface area contributed by atoms with Crippen molar-refractivity contribution >= 4 is 17.4 Å². The van der Waals surface area contributed by atoms with E-state index in [1.54, 1.807) is 0 Å². The molecular formula is C12H12ClN3. The summed E-state index contributed by atoms with van der Waals surface area (Å²) in [6.45, 7) is 0. The van der Waals surface area contributed by atoms with Crippen LogP contribution in [0, 0.1) is 0 Å². The van der Waals surface area contributed by atoms with Gasteiger partial charge in [0.05, 0.1) is 6.33 Å². The van der Waals surface area contributed by atoms with E-state index >= 15 is 0 Å². The first-order valence-electron chi connectivity index (χ1n) is 5.34. The summed E-state index contributed by atoms with van der Waals surface area (Å²) in [5.41, 5.74) is 7.89. The minimum absolute atomic E-state index is 0.556. The van der Waals surface area contributed by atoms with E-state index in [2.05, 4.69) is 9.55 Å². The Balaban J connectivity index is 2.06. The number of imidazole rings is 1. The van der Waals surface area contributed by atoms with Gasteiger partial charge in [-0.25, -0.2) is 4.98 Å². The lowest BCUT2D eigenvalue weighted by Crippen LogP contribution is -1.99. The van der Waals surface area contributed by atoms with Gasteiger partial charge in [-0.15, -0.1) is 0 Å². The lowest BCUT2D eigenvalue weighted by Gasteiger charge is -2.03. The molecule has 2 N–H and O–H groups in total. The number of hydrogen-bond donors (Lipinski definition) is 1. The Labute approximate surface area is 98.9 Å². The molecule has 1 aromatic heterocycles. The summed E-state index contributed by atoms with van der Waals surface area (Å²) < 4.78 is 2.05. The number of nitrogens with zero attached hydrogens (tertiary/aromatic N) is 2. The third-order valence-corrected chi connectivity index (χ3v) is 3.11. The molecule has 0 radical (unpaired) electrons. The molecule has 0 amide bonds. The fourth-order valence-electron chi connectivity index (χ4n) is 1.87. The zero-order valence-electron chi connectivity index (χ0n) is 8.73. The first kappa shape index (κ1) is 9.73. The minimum Gasteiger partial charge on any atom is -0.383 e. The number of hydrogen-bond acceptors (Lipinski definition) is 2. The van der Waals surface area contributed by atoms with E-state index in [1.807, 2.05) is 30.6 Å². The second-order valence-electron chi connectivity index (χ2n) is 4.13. The number of nitrogens with two attached hydrogens (primary N) is 1. The molecule has 1 aliphatic carbocycles. The second kappa shape index (κ2) is 3.52. The molecule has 0 unspecified atom stereocenters. The van der Waals surface area contributed by atoms with Crippen LogP contribution >= 0.6 is 11.6 Å². The first-order chi connectivity index (χ1) is 7.75. The fraction of sp³-hybridized carbons (Fsp3) is 0.250. The van der Waals surface area contributed by atoms with Crippen molar-refractivity contribution in [3.63, 3.8) is 0 Å². The van der Waals surface area contributed by atoms with Crippen molar-refractivity contribution in [2.45, 2.75) is 18.9 Å². The topological polar surface area (TPSA) is 43.8 Å². The molecule has 0 saturated heterocycles. The Kier molecular flexibility index (Phi) is 2.14. The van der Waals surface area contributed by atoms with Gasteiger partial charge < -0.3 is 10.3 Å². The smallest absolute Gasteiger partial charge is 0.131 e. The Bertz CT molecular complexity index is 529. The summed E-state index contributed by atoms with van der Waals surface area (Å²) in [7, 11) is 0. The number of anilines is 1. The molecule has 4 heteroatoms. The highest BCUT2D eigenvalue weighted by molar-refractivity contribution is 6.30. The average molecular weight is 234 g/mol. The maximum Gasteiger partial charge on any atom is 0.131 e. The Morgan fingerprint density at radius 1 is 1.38 bits per heavy atom. The molecule has 82 valence electrons. The number of nitrogen functional groups attached to an aromatic ring is 1. The van der Waals surface area contributed by atoms with E-state index in [4.69, 9.17) is 17.3 Å². The van der Waals surface area contributed by atoms with Crippen molar-refractivity contribution in [1.82, 2.24) is 9.55 Å². The molecule has 3 nitrogen and oxygen atoms in total. The third-order valence-electron chi connectivity index (χ3n) is 2.87. The molecule has 1 fully saturated rings. The second-order valence-corrected chi connectivity index (χ2v) is 4.56. The Morgan fingerprint density at radius 3 is 2.88 bits per heavy atom. The van der Waals surface area contributed by atoms with Crippen LogP contribution in [-0.2, 0) is 0 Å². The van der Waals surface area contributed by atoms with Crippen LogP contribution in [0.4, 0.5) is 5.82 Å². The molecule has 1 aromatic carbocycles. The van der Waals surface area contributed by atoms with E-state index in [9.17, 15) is 0 Å². The van der Waals surface area contributed by atoms with Gasteiger partial charge in [0.1, 0.15) is 11.5 Å². The lowest BCUT2D eigenvalue weighted by atomic mass is 10.1. The summed E-state index contributed by atoms with van der Waals surface area (Å²) in [6.07, 6.45) is 4.23. The van der Waals surface area contributed by atoms with Gasteiger partial charge in [0.25, 0.3) is 0 Å². The summed E-state index contributed by atoms with van der Waals surface area (Å²) >= 11 is 5.95. The van der Waals surface area contributed by atoms with Crippen LogP contribution in [0.25, 0.3) is 11.3 Å². The van der Waals surface area contributed by atoms with Crippen LogP contribution in [0.5, 0.6) is 0 Å². The predicted molar refractivity (Wildman–Crippen MR) is 65.4 cm³/mol. The normalized spacial score (nSPS) is 15.3. The van der Waals surface area contributed by atoms with E-state index in [-0.39, 0.29) is 0 Å². The molecule has 0 bridgehead atoms. The van der Waals surface area contributed by atoms with E-state index in [0.29, 0.717) is 11.1 Å². The monoisotopic (exact) mass is 233 g/mol. The van der Waals surface area contributed by atoms with Gasteiger partial charge in [0.2, 0.25) is 0 Å². The van der Waals surface area contributed by atoms with Crippen molar-refractivity contribution in [3.05, 3.63) is 35.6 Å². The molecular weight excluding hydrogens is 222 g/mol. The minimum atomic E-state index is 0.556. The Morgan fingerprint density at radius 2 is 2.19 bits per heavy atom. The van der Waals surface area contributed by atoms with Crippen molar-refractivity contribution < 1.29 is 0 Å². The van der Waals surface area contributed by atoms with Crippen molar-refractivity contribution in [2.75, 3.05) is 5.73 Å². The van der Waals surface area contributed by atoms with Gasteiger partial charge >= 0.3 is 0 Å². The number of rotatable bonds is 2. The molecule has 1 heterocycles. The highest BCUT2D eigenvalue weighted by Gasteiger charge is 2.26. The summed E-state index contributed by atoms with van der Waals surface area (Å²) in [5.74, 6) is 0.741. The van der Waals surface area contributed by atoms with Crippen molar-refractivity contribution in [2.24, 2.45) is 0 Å². The van der Waals surface area contributed by atoms with Gasteiger partial charge in [-0.2, -0.15) is 0 Å². The van der Waals surface area contributed by atoms with Gasteiger partial charge in [-0.1, -0.05) is 23.7 Å². The fourth-order valence-corrected chi connectivity index (χ4v) is 2.06. The molecule has 0 spiro atoms. The number of halogens is 1. The van der Waals surface area contributed by atoms with Crippen LogP contribution in [0.3, 0.4) is 0 Å². The van der Waals surface area contributed by atoms with Gasteiger partial charge in [0, 0.05) is 16.6 Å². The molecule has 2 aromatic rings. The average Bonchev–Trinajstić information content (AvgIpc) is 3.03. The number of benzene rings is 1. The van der Waals surface area contributed by atoms with Crippen LogP contribution in [0.2, 0.25) is 5.02 Å². The maximum absolute atomic E-state index is 6.08. The van der Waals surface area contributed by atoms with Crippen LogP contribution in [0.15, 0.2) is 30.6 Å². The largest absolute Gasteiger partial charge is 0.383 e. The van der Waals surface area contributed by atoms with E-state index in [1.165, 1.54) is 12.8 Å². The molecule has 16 heavy (non-hydrogen) atoms. The number of aromatic nitrogens is 2. The van der Waals surface area contributed by atoms with Gasteiger partial charge in [0.15, 0.2) is 0 Å². The van der Waals surface area contributed by atoms with E-state index < -0.39 is 0 Å². The van der Waals surface area contributed by atoms with Gasteiger partial charge in [-0.3, -0.25) is 0 Å². The van der Waals surface area contributed by atoms with Crippen LogP contribution in [0.1, 0.15) is 18.9 Å². The van der Waals surface area contributed by atoms with Crippen molar-refractivity contribution in [3.8, 4) is 11.3 Å². The first-order valence-corrected chi connectivity index (χ1v) is 5.72. The quantitative estimate of drug-likeness (QED) is 0.866. The van der Waals surface area contributed by atoms with Gasteiger partial charge in [-0.05, 0) is 25.0 Å². The third kappa shape index (κ3) is 1.57. The summed E-state index contributed by atoms with van der Waals surface area (Å²) in [6, 6.07) is 8.17. The van der Waals surface area contributed by atoms with Crippen LogP contribution < -0.4 is 5.73 Å². The lowest BCUT2D eigenvalue weighted by molar-refractivity contribution is 0.751. The van der Waals surface area contributed by atoms with Crippen LogP contribution in [-0.4, -0.2) is 9.55 Å². The maximum atomic E-state index is 6.08. The Hall–Kier alpha value is -1.48. The molecule has 0 atom stereocenters. The molecule has 1 saturated carbocycles. The highest BCUT2D eigenvalue weighted by Crippen LogP contribution is 2.39. The molecule has 0 aliphatic heterocycles. The standard InChI is InChI=1S/C12H12ClN3/c13-9-3-1-2-8(6-9)11-12(14)16(7-15-11)10-4-5-10/h1-3,6-7,10H,4-5,14H2. The van der Waals surface area contributed by atoms with Crippen molar-refractivity contribution in [1.29, 1.82) is 0 Å². The SMILES string of the molecule is Nc1c(-c2cccc(Cl)c2)ncn1C1CC1. The van der Waals surface area contributed by atoms with E-state index in [0.717, 1.165) is 17.1 Å². The molecule has 3 rings (SSSR count). The zero-order chi connectivity index (χ0) is 11.1. The summed E-state index contributed by atoms with van der Waals surface area (Å²) in [4.78, 5) is 4.37. The summed E-state index contributed by atoms with van der Waals surface area (Å²) in [5, 5.41) is 0.706. The predicted octanol–water partition coefficient (Wildman–Crippen LogP) is 3.12. The zero-order valence-corrected chi connectivity index (χ0v) is 9.48.